The van der Waals surface area contributed by atoms with Gasteiger partial charge in [0.25, 0.3) is 0 Å². The van der Waals surface area contributed by atoms with Crippen molar-refractivity contribution in [1.82, 2.24) is 5.32 Å². The lowest BCUT2D eigenvalue weighted by molar-refractivity contribution is -0.145. The molecule has 0 saturated carbocycles. The fraction of sp³-hybridized carbons (Fsp3) is 0.222. The predicted octanol–water partition coefficient (Wildman–Crippen LogP) is 3.33. The zero-order chi connectivity index (χ0) is 19.1. The second-order valence-electron chi connectivity index (χ2n) is 5.45. The van der Waals surface area contributed by atoms with E-state index in [1.165, 1.54) is 19.2 Å². The molecule has 26 heavy (non-hydrogen) atoms. The Hall–Kier alpha value is -2.80. The normalized spacial score (nSPS) is 11.5. The zero-order valence-electron chi connectivity index (χ0n) is 14.0. The highest BCUT2D eigenvalue weighted by atomic mass is 35.5. The number of rotatable bonds is 7. The number of carbonyl (C=O) groups is 2. The summed E-state index contributed by atoms with van der Waals surface area (Å²) in [4.78, 5) is 23.3. The van der Waals surface area contributed by atoms with E-state index in [1.54, 1.807) is 30.3 Å². The van der Waals surface area contributed by atoms with Crippen LogP contribution < -0.4 is 15.8 Å². The minimum atomic E-state index is -0.769. The Morgan fingerprint density at radius 1 is 1.23 bits per heavy atom. The van der Waals surface area contributed by atoms with E-state index in [-0.39, 0.29) is 18.8 Å². The van der Waals surface area contributed by atoms with E-state index in [4.69, 9.17) is 26.8 Å². The third-order valence-corrected chi connectivity index (χ3v) is 3.83. The van der Waals surface area contributed by atoms with Gasteiger partial charge in [0.15, 0.2) is 11.6 Å². The number of halogens is 2. The van der Waals surface area contributed by atoms with Crippen LogP contribution in [0.4, 0.5) is 9.18 Å². The molecule has 1 atom stereocenters. The number of nitrogens with two attached hydrogens (primary N) is 1. The second kappa shape index (κ2) is 9.05. The van der Waals surface area contributed by atoms with E-state index >= 15 is 0 Å². The molecule has 3 N–H and O–H groups in total. The largest absolute Gasteiger partial charge is 0.494 e. The standard InChI is InChI=1S/C18H18ClFN2O4/c1-25-16-7-2-11(8-14(16)20)10-26-17(23)9-15(22-18(21)24)12-3-5-13(19)6-4-12/h2-8,15H,9-10H2,1H3,(H3,21,22,24)/t15-/m1/s1. The number of esters is 1. The summed E-state index contributed by atoms with van der Waals surface area (Å²) >= 11 is 5.84. The van der Waals surface area contributed by atoms with Crippen molar-refractivity contribution in [3.63, 3.8) is 0 Å². The van der Waals surface area contributed by atoms with Crippen LogP contribution in [0, 0.1) is 5.82 Å². The highest BCUT2D eigenvalue weighted by Crippen LogP contribution is 2.21. The van der Waals surface area contributed by atoms with Crippen LogP contribution in [0.1, 0.15) is 23.6 Å². The quantitative estimate of drug-likeness (QED) is 0.721. The van der Waals surface area contributed by atoms with Gasteiger partial charge in [-0.15, -0.1) is 0 Å². The Bertz CT molecular complexity index is 783. The molecular weight excluding hydrogens is 363 g/mol. The maximum atomic E-state index is 13.6. The monoisotopic (exact) mass is 380 g/mol. The average molecular weight is 381 g/mol. The number of ether oxygens (including phenoxy) is 2. The van der Waals surface area contributed by atoms with Gasteiger partial charge in [-0.1, -0.05) is 29.8 Å². The number of carbonyl (C=O) groups excluding carboxylic acids is 2. The van der Waals surface area contributed by atoms with Crippen molar-refractivity contribution >= 4 is 23.6 Å². The van der Waals surface area contributed by atoms with Crippen LogP contribution in [0.15, 0.2) is 42.5 Å². The van der Waals surface area contributed by atoms with Gasteiger partial charge in [0, 0.05) is 5.02 Å². The van der Waals surface area contributed by atoms with Crippen LogP contribution in [-0.2, 0) is 16.1 Å². The van der Waals surface area contributed by atoms with Crippen molar-refractivity contribution in [2.75, 3.05) is 7.11 Å². The van der Waals surface area contributed by atoms with E-state index in [0.717, 1.165) is 0 Å². The fourth-order valence-corrected chi connectivity index (χ4v) is 2.43. The molecule has 2 amide bonds. The number of primary amides is 1. The first-order valence-corrected chi connectivity index (χ1v) is 8.06. The summed E-state index contributed by atoms with van der Waals surface area (Å²) in [5, 5.41) is 3.01. The highest BCUT2D eigenvalue weighted by Gasteiger charge is 2.18. The molecular formula is C18H18ClFN2O4. The topological polar surface area (TPSA) is 90.7 Å². The summed E-state index contributed by atoms with van der Waals surface area (Å²) in [5.41, 5.74) is 6.29. The summed E-state index contributed by atoms with van der Waals surface area (Å²) in [6, 6.07) is 9.46. The van der Waals surface area contributed by atoms with Crippen LogP contribution in [-0.4, -0.2) is 19.1 Å². The Kier molecular flexibility index (Phi) is 6.80. The Labute approximate surface area is 155 Å². The van der Waals surface area contributed by atoms with Crippen LogP contribution in [0.5, 0.6) is 5.75 Å². The van der Waals surface area contributed by atoms with E-state index < -0.39 is 23.9 Å². The van der Waals surface area contributed by atoms with E-state index in [9.17, 15) is 14.0 Å². The Balaban J connectivity index is 1.99. The van der Waals surface area contributed by atoms with Gasteiger partial charge in [-0.2, -0.15) is 0 Å². The van der Waals surface area contributed by atoms with E-state index in [0.29, 0.717) is 16.1 Å². The van der Waals surface area contributed by atoms with Crippen molar-refractivity contribution in [2.24, 2.45) is 5.73 Å². The number of hydrogen-bond acceptors (Lipinski definition) is 4. The SMILES string of the molecule is COc1ccc(COC(=O)C[C@@H](NC(N)=O)c2ccc(Cl)cc2)cc1F. The molecule has 138 valence electrons. The predicted molar refractivity (Wildman–Crippen MR) is 94.3 cm³/mol. The van der Waals surface area contributed by atoms with Crippen molar-refractivity contribution in [3.05, 3.63) is 64.4 Å². The lowest BCUT2D eigenvalue weighted by Gasteiger charge is -2.17. The molecule has 2 aromatic rings. The first-order valence-electron chi connectivity index (χ1n) is 7.68. The molecule has 0 unspecified atom stereocenters. The molecule has 0 aliphatic rings. The summed E-state index contributed by atoms with van der Waals surface area (Å²) in [6.45, 7) is -0.107. The van der Waals surface area contributed by atoms with Gasteiger partial charge in [-0.25, -0.2) is 9.18 Å². The maximum Gasteiger partial charge on any atom is 0.312 e. The Morgan fingerprint density at radius 2 is 1.92 bits per heavy atom. The third kappa shape index (κ3) is 5.63. The van der Waals surface area contributed by atoms with Gasteiger partial charge in [-0.3, -0.25) is 4.79 Å². The van der Waals surface area contributed by atoms with E-state index in [2.05, 4.69) is 5.32 Å². The number of urea groups is 1. The number of benzene rings is 2. The first-order chi connectivity index (χ1) is 12.4. The number of amides is 2. The molecule has 0 aromatic heterocycles. The highest BCUT2D eigenvalue weighted by molar-refractivity contribution is 6.30. The van der Waals surface area contributed by atoms with Crippen molar-refractivity contribution in [2.45, 2.75) is 19.1 Å². The van der Waals surface area contributed by atoms with Gasteiger partial charge >= 0.3 is 12.0 Å². The average Bonchev–Trinajstić information content (AvgIpc) is 2.60. The molecule has 2 aromatic carbocycles. The maximum absolute atomic E-state index is 13.6. The fourth-order valence-electron chi connectivity index (χ4n) is 2.31. The van der Waals surface area contributed by atoms with Gasteiger partial charge in [0.2, 0.25) is 0 Å². The molecule has 2 rings (SSSR count). The van der Waals surface area contributed by atoms with Gasteiger partial charge in [-0.05, 0) is 35.4 Å². The molecule has 0 saturated heterocycles. The molecule has 0 bridgehead atoms. The summed E-state index contributed by atoms with van der Waals surface area (Å²) < 4.78 is 23.6. The minimum absolute atomic E-state index is 0.105. The number of methoxy groups -OCH3 is 1. The molecule has 0 spiro atoms. The Morgan fingerprint density at radius 3 is 2.50 bits per heavy atom. The van der Waals surface area contributed by atoms with Crippen LogP contribution in [0.3, 0.4) is 0 Å². The lowest BCUT2D eigenvalue weighted by Crippen LogP contribution is -2.34. The van der Waals surface area contributed by atoms with Gasteiger partial charge in [0.05, 0.1) is 19.6 Å². The smallest absolute Gasteiger partial charge is 0.312 e. The lowest BCUT2D eigenvalue weighted by atomic mass is 10.0. The first kappa shape index (κ1) is 19.5. The van der Waals surface area contributed by atoms with E-state index in [1.807, 2.05) is 0 Å². The minimum Gasteiger partial charge on any atom is -0.494 e. The second-order valence-corrected chi connectivity index (χ2v) is 5.88. The van der Waals surface area contributed by atoms with Gasteiger partial charge < -0.3 is 20.5 Å². The van der Waals surface area contributed by atoms with Crippen molar-refractivity contribution < 1.29 is 23.5 Å². The van der Waals surface area contributed by atoms with Crippen molar-refractivity contribution in [1.29, 1.82) is 0 Å². The van der Waals surface area contributed by atoms with Crippen molar-refractivity contribution in [3.8, 4) is 5.75 Å². The summed E-state index contributed by atoms with van der Waals surface area (Å²) in [6.07, 6.45) is -0.136. The molecule has 8 heteroatoms. The summed E-state index contributed by atoms with van der Waals surface area (Å²) in [5.74, 6) is -1.01. The molecule has 0 radical (unpaired) electrons. The molecule has 0 aliphatic carbocycles. The summed E-state index contributed by atoms with van der Waals surface area (Å²) in [7, 11) is 1.36. The number of hydrogen-bond donors (Lipinski definition) is 2. The van der Waals surface area contributed by atoms with Crippen LogP contribution in [0.2, 0.25) is 5.02 Å². The third-order valence-electron chi connectivity index (χ3n) is 3.58. The van der Waals surface area contributed by atoms with Crippen LogP contribution in [0.25, 0.3) is 0 Å². The molecule has 0 aliphatic heterocycles. The van der Waals surface area contributed by atoms with Gasteiger partial charge in [0.1, 0.15) is 6.61 Å². The molecule has 6 nitrogen and oxygen atoms in total. The molecule has 0 fully saturated rings. The van der Waals surface area contributed by atoms with Crippen LogP contribution >= 0.6 is 11.6 Å². The number of nitrogens with one attached hydrogen (secondary N) is 1. The zero-order valence-corrected chi connectivity index (χ0v) is 14.8. The molecule has 0 heterocycles.